The Morgan fingerprint density at radius 3 is 2.47 bits per heavy atom. The predicted octanol–water partition coefficient (Wildman–Crippen LogP) is -2.41. The van der Waals surface area contributed by atoms with Gasteiger partial charge in [0.15, 0.2) is 5.69 Å². The molecule has 2 aromatic heterocycles. The lowest BCUT2D eigenvalue weighted by molar-refractivity contribution is -0.140. The lowest BCUT2D eigenvalue weighted by Crippen LogP contribution is -2.50. The summed E-state index contributed by atoms with van der Waals surface area (Å²) >= 11 is 0. The van der Waals surface area contributed by atoms with Crippen molar-refractivity contribution >= 4 is 47.4 Å². The van der Waals surface area contributed by atoms with Gasteiger partial charge in [-0.25, -0.2) is 9.59 Å². The Hall–Kier alpha value is -6.13. The van der Waals surface area contributed by atoms with Crippen LogP contribution >= 0.6 is 0 Å². The van der Waals surface area contributed by atoms with Crippen molar-refractivity contribution < 1.29 is 48.7 Å². The highest BCUT2D eigenvalue weighted by molar-refractivity contribution is 5.97. The number of anilines is 4. The van der Waals surface area contributed by atoms with Crippen molar-refractivity contribution in [3.8, 4) is 0 Å². The number of rotatable bonds is 12. The van der Waals surface area contributed by atoms with E-state index >= 15 is 0 Å². The minimum Gasteiger partial charge on any atom is -0.481 e. The van der Waals surface area contributed by atoms with E-state index in [9.17, 15) is 48.2 Å². The minimum absolute atomic E-state index is 0.0383. The van der Waals surface area contributed by atoms with Gasteiger partial charge in [-0.1, -0.05) is 0 Å². The van der Waals surface area contributed by atoms with Gasteiger partial charge in [0, 0.05) is 37.2 Å². The van der Waals surface area contributed by atoms with Crippen LogP contribution in [-0.4, -0.2) is 108 Å². The van der Waals surface area contributed by atoms with Crippen molar-refractivity contribution in [1.82, 2.24) is 24.8 Å². The molecule has 1 fully saturated rings. The molecule has 0 saturated carbocycles. The Bertz CT molecular complexity index is 1930. The number of aliphatic carboxylic acids is 2. The maximum Gasteiger partial charge on any atom is 0.330 e. The number of fused-ring (bicyclic) bond motifs is 1. The summed E-state index contributed by atoms with van der Waals surface area (Å²) < 4.78 is 19.0. The van der Waals surface area contributed by atoms with Gasteiger partial charge < -0.3 is 56.7 Å². The minimum atomic E-state index is -1.33. The normalized spacial score (nSPS) is 19.8. The van der Waals surface area contributed by atoms with Gasteiger partial charge in [0.2, 0.25) is 18.2 Å². The van der Waals surface area contributed by atoms with Crippen LogP contribution in [0.3, 0.4) is 0 Å². The average molecular weight is 720 g/mol. The number of H-pyrrole nitrogens is 2. The summed E-state index contributed by atoms with van der Waals surface area (Å²) in [5.41, 5.74) is 3.81. The van der Waals surface area contributed by atoms with E-state index in [4.69, 9.17) is 20.7 Å². The number of aliphatic hydroxyl groups excluding tert-OH is 2. The molecule has 2 amide bonds. The molecule has 21 nitrogen and oxygen atoms in total. The quantitative estimate of drug-likeness (QED) is 0.0871. The molecule has 5 atom stereocenters. The van der Waals surface area contributed by atoms with E-state index in [2.05, 4.69) is 25.9 Å². The van der Waals surface area contributed by atoms with E-state index in [0.29, 0.717) is 24.5 Å². The highest BCUT2D eigenvalue weighted by Gasteiger charge is 2.35. The summed E-state index contributed by atoms with van der Waals surface area (Å²) in [6.45, 7) is 0.181. The third kappa shape index (κ3) is 9.31. The third-order valence-corrected chi connectivity index (χ3v) is 7.75. The molecule has 1 aromatic carbocycles. The van der Waals surface area contributed by atoms with Crippen LogP contribution in [0, 0.1) is 5.82 Å². The van der Waals surface area contributed by atoms with Gasteiger partial charge in [0.1, 0.15) is 24.2 Å². The van der Waals surface area contributed by atoms with Crippen molar-refractivity contribution in [2.24, 2.45) is 0 Å². The number of hydrogen-bond donors (Lipinski definition) is 10. The second-order valence-electron chi connectivity index (χ2n) is 11.2. The largest absolute Gasteiger partial charge is 0.481 e. The summed E-state index contributed by atoms with van der Waals surface area (Å²) in [4.78, 5) is 89.7. The van der Waals surface area contributed by atoms with Crippen molar-refractivity contribution in [3.05, 3.63) is 73.0 Å². The zero-order valence-electron chi connectivity index (χ0n) is 26.4. The maximum absolute atomic E-state index is 13.0. The first-order chi connectivity index (χ1) is 24.2. The van der Waals surface area contributed by atoms with Crippen molar-refractivity contribution in [3.63, 3.8) is 0 Å². The number of aromatic nitrogens is 4. The Labute approximate surface area is 284 Å². The smallest absolute Gasteiger partial charge is 0.330 e. The number of carboxylic acids is 2. The summed E-state index contributed by atoms with van der Waals surface area (Å²) in [5.74, 6) is -4.03. The Morgan fingerprint density at radius 1 is 1.16 bits per heavy atom. The Balaban J connectivity index is 0.000000286. The number of benzene rings is 1. The van der Waals surface area contributed by atoms with Gasteiger partial charge in [-0.15, -0.1) is 0 Å². The first kappa shape index (κ1) is 37.7. The monoisotopic (exact) mass is 719 g/mol. The highest BCUT2D eigenvalue weighted by Crippen LogP contribution is 2.27. The summed E-state index contributed by atoms with van der Waals surface area (Å²) in [6.07, 6.45) is -2.00. The molecule has 0 aliphatic carbocycles. The number of carbonyl (C=O) groups is 4. The fourth-order valence-corrected chi connectivity index (χ4v) is 5.13. The van der Waals surface area contributed by atoms with Crippen LogP contribution in [-0.2, 0) is 19.1 Å². The van der Waals surface area contributed by atoms with E-state index in [1.807, 2.05) is 0 Å². The molecule has 1 saturated heterocycles. The van der Waals surface area contributed by atoms with E-state index in [-0.39, 0.29) is 36.6 Å². The molecule has 2 aliphatic heterocycles. The fourth-order valence-electron chi connectivity index (χ4n) is 5.13. The molecule has 3 aromatic rings. The zero-order chi connectivity index (χ0) is 37.4. The molecular formula is C29H34FN9O12. The molecule has 1 unspecified atom stereocenters. The van der Waals surface area contributed by atoms with Crippen LogP contribution in [0.2, 0.25) is 0 Å². The molecular weight excluding hydrogens is 685 g/mol. The van der Waals surface area contributed by atoms with Gasteiger partial charge in [-0.2, -0.15) is 9.37 Å². The lowest BCUT2D eigenvalue weighted by atomic mass is 10.1. The molecule has 0 bridgehead atoms. The Kier molecular flexibility index (Phi) is 12.2. The van der Waals surface area contributed by atoms with Crippen LogP contribution in [0.4, 0.5) is 27.5 Å². The first-order valence-electron chi connectivity index (χ1n) is 15.1. The van der Waals surface area contributed by atoms with Crippen LogP contribution in [0.1, 0.15) is 35.8 Å². The number of nitrogen functional groups attached to an aromatic ring is 1. The summed E-state index contributed by atoms with van der Waals surface area (Å²) in [7, 11) is 0. The summed E-state index contributed by atoms with van der Waals surface area (Å²) in [5, 5.41) is 44.6. The van der Waals surface area contributed by atoms with E-state index in [0.717, 1.165) is 10.8 Å². The second kappa shape index (κ2) is 16.5. The predicted molar refractivity (Wildman–Crippen MR) is 174 cm³/mol. The number of ether oxygens (including phenoxy) is 1. The Morgan fingerprint density at radius 2 is 1.86 bits per heavy atom. The van der Waals surface area contributed by atoms with Gasteiger partial charge >= 0.3 is 23.2 Å². The molecule has 274 valence electrons. The number of aliphatic hydroxyl groups is 2. The molecule has 11 N–H and O–H groups in total. The fraction of sp³-hybridized carbons (Fsp3) is 0.379. The molecule has 0 radical (unpaired) electrons. The lowest BCUT2D eigenvalue weighted by Gasteiger charge is -2.34. The third-order valence-electron chi connectivity index (χ3n) is 7.75. The molecule has 51 heavy (non-hydrogen) atoms. The second-order valence-corrected chi connectivity index (χ2v) is 11.2. The number of amides is 2. The topological polar surface area (TPSA) is 324 Å². The van der Waals surface area contributed by atoms with Crippen LogP contribution in [0.5, 0.6) is 0 Å². The number of nitrogens with zero attached hydrogens (tertiary/aromatic N) is 3. The number of hydrogen-bond acceptors (Lipinski definition) is 14. The van der Waals surface area contributed by atoms with Crippen molar-refractivity contribution in [2.75, 3.05) is 41.0 Å². The zero-order valence-corrected chi connectivity index (χ0v) is 26.4. The van der Waals surface area contributed by atoms with Gasteiger partial charge in [-0.3, -0.25) is 33.5 Å². The van der Waals surface area contributed by atoms with E-state index < -0.39 is 84.0 Å². The first-order valence-corrected chi connectivity index (χ1v) is 15.1. The number of aromatic amines is 2. The van der Waals surface area contributed by atoms with Crippen LogP contribution < -0.4 is 43.4 Å². The van der Waals surface area contributed by atoms with E-state index in [1.54, 1.807) is 17.1 Å². The average Bonchev–Trinajstić information content (AvgIpc) is 3.47. The molecule has 0 spiro atoms. The standard InChI is InChI=1S/C20H23N7O7.C9H11FN2O5/c21-20-25-16-15(18(32)26-20)27(9-28)12(8-23-16)7-22-11-3-1-10(2-4-11)17(31)24-13(19(33)34)5-6-14(29)30;10-4-2-12(9(16)11-8(4)15)7-1-5(14)6(3-13)17-7/h1-4,9,12-13,22H,5-8H2,(H,24,31)(H,29,30)(H,33,34)(H4,21,23,25,26,32);2,5-7,13-14H,1,3H2,(H,11,15,16)/t12?,13-;5-,6+,7+/m00/s1. The van der Waals surface area contributed by atoms with Gasteiger partial charge in [-0.05, 0) is 30.7 Å². The van der Waals surface area contributed by atoms with Crippen LogP contribution in [0.15, 0.2) is 44.8 Å². The highest BCUT2D eigenvalue weighted by atomic mass is 19.1. The van der Waals surface area contributed by atoms with Gasteiger partial charge in [0.05, 0.1) is 24.9 Å². The SMILES string of the molecule is Nc1nc(=O)c2c([nH]1)NCC(CNc1ccc(C(=O)N[C@@H](CCC(=O)O)C(=O)O)cc1)N2C=O.O=c1[nH]c(=O)n([C@H]2C[C@H](O)[C@@H](CO)O2)cc1F. The van der Waals surface area contributed by atoms with Crippen molar-refractivity contribution in [2.45, 2.75) is 49.8 Å². The number of nitrogens with one attached hydrogen (secondary N) is 5. The van der Waals surface area contributed by atoms with Gasteiger partial charge in [0.25, 0.3) is 11.5 Å². The molecule has 22 heteroatoms. The number of carboxylic acid groups (broad SMARTS) is 2. The van der Waals surface area contributed by atoms with Crippen LogP contribution in [0.25, 0.3) is 0 Å². The number of carbonyl (C=O) groups excluding carboxylic acids is 2. The van der Waals surface area contributed by atoms with Crippen molar-refractivity contribution in [1.29, 1.82) is 0 Å². The number of halogens is 1. The number of nitrogens with two attached hydrogens (primary N) is 1. The molecule has 2 aliphatic rings. The molecule has 4 heterocycles. The van der Waals surface area contributed by atoms with E-state index in [1.165, 1.54) is 17.0 Å². The summed E-state index contributed by atoms with van der Waals surface area (Å²) in [6, 6.07) is 4.36. The molecule has 5 rings (SSSR count). The maximum atomic E-state index is 13.0.